The first-order valence-electron chi connectivity index (χ1n) is 21.6. The number of carbonyl (C=O) groups is 3. The van der Waals surface area contributed by atoms with Crippen LogP contribution in [-0.2, 0) is 57.0 Å². The monoisotopic (exact) mass is 935 g/mol. The molecule has 3 N–H and O–H groups in total. The first-order valence-corrected chi connectivity index (χ1v) is 22.6. The molecular weight excluding hydrogens is 862 g/mol. The van der Waals surface area contributed by atoms with E-state index >= 15 is 0 Å². The van der Waals surface area contributed by atoms with Crippen molar-refractivity contribution in [1.82, 2.24) is 4.90 Å². The third-order valence-electron chi connectivity index (χ3n) is 11.3. The first kappa shape index (κ1) is 53.5. The van der Waals surface area contributed by atoms with Gasteiger partial charge in [-0.05, 0) is 73.0 Å². The molecule has 0 radical (unpaired) electrons. The molecule has 3 fully saturated rings. The molecule has 0 saturated carbocycles. The first-order chi connectivity index (χ1) is 28.6. The van der Waals surface area contributed by atoms with Gasteiger partial charge in [-0.2, -0.15) is 0 Å². The lowest BCUT2D eigenvalue weighted by Gasteiger charge is -2.51. The molecule has 352 valence electrons. The quantitative estimate of drug-likeness (QED) is 0.0569. The van der Waals surface area contributed by atoms with E-state index in [1.165, 1.54) is 20.1 Å². The number of aliphatic hydroxyl groups excluding tert-OH is 2. The Hall–Kier alpha value is -1.87. The summed E-state index contributed by atoms with van der Waals surface area (Å²) in [6.45, 7) is 16.2. The zero-order chi connectivity index (χ0) is 45.8. The largest absolute Gasteiger partial charge is 0.460 e. The second kappa shape index (κ2) is 25.0. The van der Waals surface area contributed by atoms with Crippen molar-refractivity contribution in [3.63, 3.8) is 0 Å². The fourth-order valence-corrected chi connectivity index (χ4v) is 8.75. The van der Waals surface area contributed by atoms with Crippen LogP contribution in [0.25, 0.3) is 0 Å². The molecule has 0 aromatic heterocycles. The van der Waals surface area contributed by atoms with Gasteiger partial charge in [0.25, 0.3) is 0 Å². The Kier molecular flexibility index (Phi) is 21.9. The van der Waals surface area contributed by atoms with Crippen molar-refractivity contribution in [2.75, 3.05) is 34.4 Å². The van der Waals surface area contributed by atoms with E-state index in [9.17, 15) is 29.7 Å². The number of alkyl halides is 1. The number of hydrogen-bond donors (Lipinski definition) is 3. The number of halogens is 1. The molecule has 0 bridgehead atoms. The van der Waals surface area contributed by atoms with Crippen molar-refractivity contribution >= 4 is 33.7 Å². The third kappa shape index (κ3) is 15.1. The predicted molar refractivity (Wildman–Crippen MR) is 228 cm³/mol. The van der Waals surface area contributed by atoms with Crippen molar-refractivity contribution in [3.8, 4) is 0 Å². The van der Waals surface area contributed by atoms with Gasteiger partial charge in [-0.3, -0.25) is 14.4 Å². The van der Waals surface area contributed by atoms with Crippen LogP contribution < -0.4 is 0 Å². The normalized spacial score (nSPS) is 33.2. The van der Waals surface area contributed by atoms with Crippen LogP contribution in [0.3, 0.4) is 0 Å². The smallest absolute Gasteiger partial charge is 0.306 e. The third-order valence-corrected chi connectivity index (χ3v) is 12.7. The average Bonchev–Trinajstić information content (AvgIpc) is 3.70. The van der Waals surface area contributed by atoms with Gasteiger partial charge in [-0.1, -0.05) is 68.3 Å². The van der Waals surface area contributed by atoms with E-state index in [1.807, 2.05) is 20.8 Å². The van der Waals surface area contributed by atoms with Crippen LogP contribution in [0.2, 0.25) is 0 Å². The lowest BCUT2D eigenvalue weighted by atomic mass is 9.83. The number of nitrogens with zero attached hydrogens (tertiary/aromatic N) is 1. The molecule has 3 saturated heterocycles. The Morgan fingerprint density at radius 1 is 1.00 bits per heavy atom. The van der Waals surface area contributed by atoms with Crippen molar-refractivity contribution in [2.24, 2.45) is 17.8 Å². The number of methoxy groups -OCH3 is 1. The fourth-order valence-electron chi connectivity index (χ4n) is 8.24. The molecule has 0 amide bonds. The zero-order valence-corrected chi connectivity index (χ0v) is 39.7. The van der Waals surface area contributed by atoms with Crippen LogP contribution in [-0.4, -0.2) is 163 Å². The Morgan fingerprint density at radius 3 is 2.20 bits per heavy atom. The molecule has 3 aliphatic rings. The number of hydrogen-bond acceptors (Lipinski definition) is 16. The van der Waals surface area contributed by atoms with Crippen LogP contribution in [0.4, 0.5) is 0 Å². The molecule has 6 unspecified atom stereocenters. The van der Waals surface area contributed by atoms with Crippen molar-refractivity contribution in [2.45, 2.75) is 185 Å². The Morgan fingerprint density at radius 2 is 1.64 bits per heavy atom. The summed E-state index contributed by atoms with van der Waals surface area (Å²) in [5.41, 5.74) is -1.60. The highest BCUT2D eigenvalue weighted by Gasteiger charge is 2.57. The minimum absolute atomic E-state index is 0.0662. The van der Waals surface area contributed by atoms with E-state index in [2.05, 4.69) is 15.9 Å². The maximum atomic E-state index is 13.5. The summed E-state index contributed by atoms with van der Waals surface area (Å²) in [7, 11) is 5.05. The summed E-state index contributed by atoms with van der Waals surface area (Å²) in [5, 5.41) is 33.5. The number of ketones is 1. The standard InChI is InChI=1S/C44H74BrNO15/c1-13-17-32(58-29(8)48)38(53-12)37(30(41-54-20-21-55-41)23-25(4)31(49)19-16-14-15-18-26(5)47)61-42-35(51)34(46(10)11)36(27(6)56-42)60-43-39(45)44(9,52)40(28(7)57-43)59-33(50)22-24(2)3/h14-16,19,24-28,30,32,34-43,47,51-52H,13,17-18,20-23H2,1-12H3/t25?,26?,27-,28+,30?,32?,34-,35-,36-,37?,38?,39+,40+,42+,43+,44-/m1/s1. The maximum Gasteiger partial charge on any atom is 0.306 e. The van der Waals surface area contributed by atoms with E-state index in [-0.39, 0.29) is 24.5 Å². The molecule has 0 aromatic rings. The molecule has 17 heteroatoms. The molecule has 0 spiro atoms. The van der Waals surface area contributed by atoms with E-state index in [0.717, 1.165) is 0 Å². The molecule has 61 heavy (non-hydrogen) atoms. The topological polar surface area (TPSA) is 198 Å². The van der Waals surface area contributed by atoms with Crippen LogP contribution in [0.15, 0.2) is 24.3 Å². The van der Waals surface area contributed by atoms with Gasteiger partial charge >= 0.3 is 11.9 Å². The van der Waals surface area contributed by atoms with Crippen LogP contribution in [0.5, 0.6) is 0 Å². The minimum Gasteiger partial charge on any atom is -0.460 e. The molecule has 3 aliphatic heterocycles. The Labute approximate surface area is 371 Å². The van der Waals surface area contributed by atoms with Crippen molar-refractivity contribution < 1.29 is 72.3 Å². The number of rotatable bonds is 23. The van der Waals surface area contributed by atoms with Crippen molar-refractivity contribution in [1.29, 1.82) is 0 Å². The fraction of sp³-hybridized carbons (Fsp3) is 0.841. The Bertz CT molecular complexity index is 1420. The van der Waals surface area contributed by atoms with E-state index < -0.39 is 114 Å². The van der Waals surface area contributed by atoms with Crippen LogP contribution in [0.1, 0.15) is 94.4 Å². The summed E-state index contributed by atoms with van der Waals surface area (Å²) < 4.78 is 56.0. The van der Waals surface area contributed by atoms with E-state index in [1.54, 1.807) is 71.8 Å². The summed E-state index contributed by atoms with van der Waals surface area (Å²) in [5.74, 6) is -2.31. The van der Waals surface area contributed by atoms with E-state index in [0.29, 0.717) is 32.5 Å². The highest BCUT2D eigenvalue weighted by Crippen LogP contribution is 2.41. The van der Waals surface area contributed by atoms with E-state index in [4.69, 9.17) is 42.6 Å². The second-order valence-corrected chi connectivity index (χ2v) is 18.5. The number of carbonyl (C=O) groups excluding carboxylic acids is 3. The number of aliphatic hydroxyl groups is 3. The Balaban J connectivity index is 1.98. The molecule has 16 atom stereocenters. The highest BCUT2D eigenvalue weighted by molar-refractivity contribution is 9.09. The highest BCUT2D eigenvalue weighted by atomic mass is 79.9. The molecular formula is C44H74BrNO15. The van der Waals surface area contributed by atoms with Crippen LogP contribution in [0, 0.1) is 17.8 Å². The van der Waals surface area contributed by atoms with Gasteiger partial charge < -0.3 is 62.9 Å². The molecule has 0 aromatic carbocycles. The number of allylic oxidation sites excluding steroid dienone is 3. The van der Waals surface area contributed by atoms with Gasteiger partial charge in [0.2, 0.25) is 0 Å². The number of ether oxygens (including phenoxy) is 9. The van der Waals surface area contributed by atoms with Gasteiger partial charge in [0.1, 0.15) is 30.0 Å². The SMILES string of the molecule is CCCC(OC(C)=O)C(OC)C(O[C@@H]1O[C@H](C)[C@@H](O[C@@H]2O[C@@H](C)[C@H](OC(=O)CC(C)C)[C@](C)(O)[C@H]2Br)[C@H](N(C)C)[C@H]1O)C(CC(C)C(=O)C=CC=CCC(C)O)C1OCCO1. The van der Waals surface area contributed by atoms with Gasteiger partial charge in [-0.25, -0.2) is 0 Å². The van der Waals surface area contributed by atoms with Crippen molar-refractivity contribution in [3.05, 3.63) is 24.3 Å². The molecule has 3 rings (SSSR count). The molecule has 0 aliphatic carbocycles. The number of esters is 2. The van der Waals surface area contributed by atoms with Gasteiger partial charge in [0, 0.05) is 32.3 Å². The van der Waals surface area contributed by atoms with Gasteiger partial charge in [0.15, 0.2) is 30.8 Å². The zero-order valence-electron chi connectivity index (χ0n) is 38.1. The lowest BCUT2D eigenvalue weighted by Crippen LogP contribution is -2.68. The number of likely N-dealkylation sites (N-methyl/N-ethyl adjacent to an activating group) is 1. The summed E-state index contributed by atoms with van der Waals surface area (Å²) in [6, 6.07) is -0.759. The predicted octanol–water partition coefficient (Wildman–Crippen LogP) is 4.22. The molecule has 3 heterocycles. The summed E-state index contributed by atoms with van der Waals surface area (Å²) in [6.07, 6.45) is -2.58. The van der Waals surface area contributed by atoms with Crippen LogP contribution >= 0.6 is 15.9 Å². The average molecular weight is 937 g/mol. The lowest BCUT2D eigenvalue weighted by molar-refractivity contribution is -0.345. The summed E-state index contributed by atoms with van der Waals surface area (Å²) in [4.78, 5) is 39.5. The minimum atomic E-state index is -1.60. The van der Waals surface area contributed by atoms with Gasteiger partial charge in [-0.15, -0.1) is 0 Å². The summed E-state index contributed by atoms with van der Waals surface area (Å²) >= 11 is 3.57. The van der Waals surface area contributed by atoms with Gasteiger partial charge in [0.05, 0.1) is 48.5 Å². The molecule has 16 nitrogen and oxygen atoms in total. The second-order valence-electron chi connectivity index (χ2n) is 17.5. The maximum absolute atomic E-state index is 13.5.